The number of anilines is 1. The highest BCUT2D eigenvalue weighted by molar-refractivity contribution is 7.22. The molecule has 1 aliphatic rings. The van der Waals surface area contributed by atoms with Crippen LogP contribution in [0.15, 0.2) is 55.1 Å². The average Bonchev–Trinajstić information content (AvgIpc) is 3.45. The zero-order chi connectivity index (χ0) is 21.2. The van der Waals surface area contributed by atoms with Crippen molar-refractivity contribution >= 4 is 44.2 Å². The van der Waals surface area contributed by atoms with Crippen LogP contribution in [-0.2, 0) is 6.54 Å². The fourth-order valence-corrected chi connectivity index (χ4v) is 4.71. The smallest absolute Gasteiger partial charge is 0.260 e. The van der Waals surface area contributed by atoms with E-state index in [1.807, 2.05) is 22.9 Å². The summed E-state index contributed by atoms with van der Waals surface area (Å²) < 4.78 is 14.2. The number of fused-ring (bicyclic) bond motifs is 2. The van der Waals surface area contributed by atoms with Crippen molar-refractivity contribution in [3.8, 4) is 11.5 Å². The monoisotopic (exact) mass is 454 g/mol. The van der Waals surface area contributed by atoms with Crippen molar-refractivity contribution in [1.82, 2.24) is 14.5 Å². The van der Waals surface area contributed by atoms with E-state index in [0.717, 1.165) is 23.2 Å². The molecule has 1 amide bonds. The zero-order valence-corrected chi connectivity index (χ0v) is 18.1. The van der Waals surface area contributed by atoms with Gasteiger partial charge in [-0.05, 0) is 42.8 Å². The molecule has 0 aliphatic carbocycles. The van der Waals surface area contributed by atoms with Crippen molar-refractivity contribution in [2.24, 2.45) is 0 Å². The van der Waals surface area contributed by atoms with Crippen molar-refractivity contribution in [3.63, 3.8) is 0 Å². The van der Waals surface area contributed by atoms with E-state index in [4.69, 9.17) is 26.1 Å². The topological polar surface area (TPSA) is 69.5 Å². The summed E-state index contributed by atoms with van der Waals surface area (Å²) in [5, 5.41) is 1.29. The van der Waals surface area contributed by atoms with Gasteiger partial charge in [0, 0.05) is 36.1 Å². The fourth-order valence-electron chi connectivity index (χ4n) is 3.45. The van der Waals surface area contributed by atoms with E-state index in [9.17, 15) is 4.79 Å². The lowest BCUT2D eigenvalue weighted by Crippen LogP contribution is -2.32. The Kier molecular flexibility index (Phi) is 5.48. The van der Waals surface area contributed by atoms with Crippen LogP contribution in [0.25, 0.3) is 10.2 Å². The maximum atomic E-state index is 13.5. The summed E-state index contributed by atoms with van der Waals surface area (Å²) in [6, 6.07) is 10.8. The number of hydrogen-bond acceptors (Lipinski definition) is 6. The number of carbonyl (C=O) groups excluding carboxylic acids is 1. The standard InChI is InChI=1S/C22H19ClN4O3S/c23-16-3-4-17-20(13-16)31-22(25-17)27(8-1-7-26-9-6-24-14-26)21(28)15-2-5-18-19(12-15)30-11-10-29-18/h2-6,9,12-14H,1,7-8,10-11H2. The van der Waals surface area contributed by atoms with Crippen LogP contribution in [0.3, 0.4) is 0 Å². The highest BCUT2D eigenvalue weighted by Crippen LogP contribution is 2.34. The van der Waals surface area contributed by atoms with E-state index in [2.05, 4.69) is 4.98 Å². The Bertz CT molecular complexity index is 1220. The highest BCUT2D eigenvalue weighted by atomic mass is 35.5. The Morgan fingerprint density at radius 2 is 2.03 bits per heavy atom. The predicted octanol–water partition coefficient (Wildman–Crippen LogP) is 4.65. The quantitative estimate of drug-likeness (QED) is 0.424. The van der Waals surface area contributed by atoms with Crippen molar-refractivity contribution in [3.05, 3.63) is 65.7 Å². The van der Waals surface area contributed by atoms with Gasteiger partial charge in [0.15, 0.2) is 16.6 Å². The van der Waals surface area contributed by atoms with Crippen molar-refractivity contribution in [2.45, 2.75) is 13.0 Å². The number of carbonyl (C=O) groups is 1. The number of imidazole rings is 1. The molecule has 1 aliphatic heterocycles. The largest absolute Gasteiger partial charge is 0.486 e. The molecule has 3 heterocycles. The molecule has 2 aromatic carbocycles. The molecule has 0 fully saturated rings. The molecule has 158 valence electrons. The van der Waals surface area contributed by atoms with Crippen LogP contribution in [0.1, 0.15) is 16.8 Å². The lowest BCUT2D eigenvalue weighted by atomic mass is 10.1. The Labute approximate surface area is 187 Å². The van der Waals surface area contributed by atoms with Crippen LogP contribution in [0.5, 0.6) is 11.5 Å². The molecule has 0 radical (unpaired) electrons. The second-order valence-electron chi connectivity index (χ2n) is 7.08. The van der Waals surface area contributed by atoms with Crippen LogP contribution in [0.4, 0.5) is 5.13 Å². The highest BCUT2D eigenvalue weighted by Gasteiger charge is 2.23. The molecule has 9 heteroatoms. The van der Waals surface area contributed by atoms with Gasteiger partial charge in [-0.1, -0.05) is 22.9 Å². The third-order valence-electron chi connectivity index (χ3n) is 4.96. The second kappa shape index (κ2) is 8.56. The third-order valence-corrected chi connectivity index (χ3v) is 6.24. The summed E-state index contributed by atoms with van der Waals surface area (Å²) in [7, 11) is 0. The first-order valence-corrected chi connectivity index (χ1v) is 11.1. The molecule has 4 aromatic rings. The van der Waals surface area contributed by atoms with Crippen molar-refractivity contribution in [2.75, 3.05) is 24.7 Å². The van der Waals surface area contributed by atoms with E-state index >= 15 is 0 Å². The van der Waals surface area contributed by atoms with Gasteiger partial charge >= 0.3 is 0 Å². The predicted molar refractivity (Wildman–Crippen MR) is 121 cm³/mol. The summed E-state index contributed by atoms with van der Waals surface area (Å²) in [4.78, 5) is 24.0. The summed E-state index contributed by atoms with van der Waals surface area (Å²) in [5.41, 5.74) is 1.35. The van der Waals surface area contributed by atoms with Gasteiger partial charge in [0.1, 0.15) is 13.2 Å². The SMILES string of the molecule is O=C(c1ccc2c(c1)OCCO2)N(CCCn1ccnc1)c1nc2ccc(Cl)cc2s1. The van der Waals surface area contributed by atoms with Crippen LogP contribution < -0.4 is 14.4 Å². The van der Waals surface area contributed by atoms with Gasteiger partial charge in [0.2, 0.25) is 0 Å². The molecule has 0 saturated carbocycles. The van der Waals surface area contributed by atoms with Gasteiger partial charge in [-0.15, -0.1) is 0 Å². The van der Waals surface area contributed by atoms with Crippen molar-refractivity contribution in [1.29, 1.82) is 0 Å². The minimum Gasteiger partial charge on any atom is -0.486 e. The molecule has 2 aromatic heterocycles. The molecule has 7 nitrogen and oxygen atoms in total. The van der Waals surface area contributed by atoms with Gasteiger partial charge in [0.25, 0.3) is 5.91 Å². The molecule has 31 heavy (non-hydrogen) atoms. The minimum absolute atomic E-state index is 0.132. The molecular weight excluding hydrogens is 436 g/mol. The number of amides is 1. The summed E-state index contributed by atoms with van der Waals surface area (Å²) in [6.07, 6.45) is 6.18. The van der Waals surface area contributed by atoms with Gasteiger partial charge in [0.05, 0.1) is 16.5 Å². The number of ether oxygens (including phenoxy) is 2. The summed E-state index contributed by atoms with van der Waals surface area (Å²) in [5.74, 6) is 1.11. The summed E-state index contributed by atoms with van der Waals surface area (Å²) >= 11 is 7.59. The molecule has 0 unspecified atom stereocenters. The number of nitrogens with zero attached hydrogens (tertiary/aromatic N) is 4. The number of hydrogen-bond donors (Lipinski definition) is 0. The van der Waals surface area contributed by atoms with E-state index < -0.39 is 0 Å². The normalized spacial score (nSPS) is 12.8. The Morgan fingerprint density at radius 1 is 1.16 bits per heavy atom. The molecule has 0 bridgehead atoms. The third kappa shape index (κ3) is 4.22. The second-order valence-corrected chi connectivity index (χ2v) is 8.52. The van der Waals surface area contributed by atoms with Crippen LogP contribution in [0.2, 0.25) is 5.02 Å². The zero-order valence-electron chi connectivity index (χ0n) is 16.5. The number of halogens is 1. The van der Waals surface area contributed by atoms with Crippen LogP contribution in [-0.4, -0.2) is 40.2 Å². The Hall–Kier alpha value is -3.10. The van der Waals surface area contributed by atoms with E-state index in [-0.39, 0.29) is 5.91 Å². The number of aryl methyl sites for hydroxylation is 1. The Balaban J connectivity index is 1.45. The van der Waals surface area contributed by atoms with Gasteiger partial charge in [-0.2, -0.15) is 0 Å². The number of thiazole rings is 1. The molecule has 0 saturated heterocycles. The average molecular weight is 455 g/mol. The van der Waals surface area contributed by atoms with Crippen molar-refractivity contribution < 1.29 is 14.3 Å². The van der Waals surface area contributed by atoms with E-state index in [1.54, 1.807) is 41.7 Å². The van der Waals surface area contributed by atoms with Crippen LogP contribution in [0, 0.1) is 0 Å². The lowest BCUT2D eigenvalue weighted by molar-refractivity contribution is 0.0985. The van der Waals surface area contributed by atoms with E-state index in [0.29, 0.717) is 47.0 Å². The Morgan fingerprint density at radius 3 is 2.87 bits per heavy atom. The molecular formula is C22H19ClN4O3S. The first-order chi connectivity index (χ1) is 15.2. The van der Waals surface area contributed by atoms with E-state index in [1.165, 1.54) is 11.3 Å². The number of benzene rings is 2. The number of aromatic nitrogens is 3. The molecule has 5 rings (SSSR count). The fraction of sp³-hybridized carbons (Fsp3) is 0.227. The maximum absolute atomic E-state index is 13.5. The van der Waals surface area contributed by atoms with Gasteiger partial charge in [-0.25, -0.2) is 9.97 Å². The molecule has 0 spiro atoms. The van der Waals surface area contributed by atoms with Gasteiger partial charge < -0.3 is 14.0 Å². The van der Waals surface area contributed by atoms with Gasteiger partial charge in [-0.3, -0.25) is 9.69 Å². The lowest BCUT2D eigenvalue weighted by Gasteiger charge is -2.22. The van der Waals surface area contributed by atoms with Crippen LogP contribution >= 0.6 is 22.9 Å². The molecule has 0 atom stereocenters. The first kappa shape index (κ1) is 19.8. The first-order valence-electron chi connectivity index (χ1n) is 9.91. The minimum atomic E-state index is -0.132. The molecule has 0 N–H and O–H groups in total. The summed E-state index contributed by atoms with van der Waals surface area (Å²) in [6.45, 7) is 2.24. The maximum Gasteiger partial charge on any atom is 0.260 e. The number of rotatable bonds is 6.